The highest BCUT2D eigenvalue weighted by atomic mass is 35.5. The Labute approximate surface area is 101 Å². The number of hydrogen-bond acceptors (Lipinski definition) is 4. The van der Waals surface area contributed by atoms with Gasteiger partial charge in [0.25, 0.3) is 5.91 Å². The number of piperidine rings is 1. The van der Waals surface area contributed by atoms with Crippen molar-refractivity contribution in [3.8, 4) is 0 Å². The number of imide groups is 1. The van der Waals surface area contributed by atoms with E-state index in [1.165, 1.54) is 4.90 Å². The maximum atomic E-state index is 11.2. The van der Waals surface area contributed by atoms with Gasteiger partial charge in [0.1, 0.15) is 0 Å². The van der Waals surface area contributed by atoms with Gasteiger partial charge in [-0.3, -0.25) is 4.79 Å². The molecule has 0 bridgehead atoms. The molecule has 2 fully saturated rings. The number of carbonyl (C=O) groups is 2. The molecule has 2 aliphatic rings. The zero-order chi connectivity index (χ0) is 10.7. The van der Waals surface area contributed by atoms with Crippen molar-refractivity contribution in [3.05, 3.63) is 0 Å². The topological polar surface area (TPSA) is 58.6 Å². The molecule has 0 aromatic carbocycles. The molecule has 92 valence electrons. The number of ether oxygens (including phenoxy) is 1. The van der Waals surface area contributed by atoms with E-state index in [0.717, 1.165) is 32.4 Å². The second kappa shape index (κ2) is 6.06. The van der Waals surface area contributed by atoms with Gasteiger partial charge in [-0.2, -0.15) is 0 Å². The highest BCUT2D eigenvalue weighted by molar-refractivity contribution is 5.97. The van der Waals surface area contributed by atoms with Crippen molar-refractivity contribution < 1.29 is 14.3 Å². The Hall–Kier alpha value is -0.810. The van der Waals surface area contributed by atoms with E-state index in [2.05, 4.69) is 10.1 Å². The molecule has 1 N–H and O–H groups in total. The molecule has 0 radical (unpaired) electrons. The first-order valence-corrected chi connectivity index (χ1v) is 5.45. The Morgan fingerprint density at radius 1 is 1.31 bits per heavy atom. The summed E-state index contributed by atoms with van der Waals surface area (Å²) in [5.41, 5.74) is 0. The molecule has 0 unspecified atom stereocenters. The molecule has 0 aromatic heterocycles. The lowest BCUT2D eigenvalue weighted by Gasteiger charge is -2.23. The molecule has 2 saturated heterocycles. The van der Waals surface area contributed by atoms with Crippen LogP contribution in [0.3, 0.4) is 0 Å². The molecule has 0 atom stereocenters. The average molecular weight is 249 g/mol. The molecule has 0 aromatic rings. The summed E-state index contributed by atoms with van der Waals surface area (Å²) >= 11 is 0. The van der Waals surface area contributed by atoms with E-state index in [0.29, 0.717) is 12.5 Å². The summed E-state index contributed by atoms with van der Waals surface area (Å²) in [7, 11) is 0. The van der Waals surface area contributed by atoms with Gasteiger partial charge >= 0.3 is 6.09 Å². The van der Waals surface area contributed by atoms with Crippen LogP contribution < -0.4 is 5.32 Å². The minimum absolute atomic E-state index is 0. The van der Waals surface area contributed by atoms with Gasteiger partial charge in [-0.05, 0) is 38.3 Å². The molecule has 2 amide bonds. The van der Waals surface area contributed by atoms with E-state index in [4.69, 9.17) is 0 Å². The van der Waals surface area contributed by atoms with Crippen LogP contribution in [0.25, 0.3) is 0 Å². The third-order valence-electron chi connectivity index (χ3n) is 3.06. The van der Waals surface area contributed by atoms with Crippen molar-refractivity contribution in [1.82, 2.24) is 10.2 Å². The Bertz CT molecular complexity index is 251. The van der Waals surface area contributed by atoms with Crippen LogP contribution >= 0.6 is 12.4 Å². The summed E-state index contributed by atoms with van der Waals surface area (Å²) in [6.45, 7) is 2.53. The normalized spacial score (nSPS) is 21.9. The quantitative estimate of drug-likeness (QED) is 0.802. The molecule has 0 aliphatic carbocycles. The third kappa shape index (κ3) is 3.09. The molecule has 5 nitrogen and oxygen atoms in total. The highest BCUT2D eigenvalue weighted by Crippen LogP contribution is 2.17. The Morgan fingerprint density at radius 2 is 2.00 bits per heavy atom. The van der Waals surface area contributed by atoms with E-state index < -0.39 is 6.09 Å². The first kappa shape index (κ1) is 13.3. The van der Waals surface area contributed by atoms with Gasteiger partial charge in [0.2, 0.25) is 0 Å². The molecule has 2 aliphatic heterocycles. The number of hydrogen-bond donors (Lipinski definition) is 1. The zero-order valence-corrected chi connectivity index (χ0v) is 9.92. The maximum absolute atomic E-state index is 11.2. The molecular weight excluding hydrogens is 232 g/mol. The fourth-order valence-electron chi connectivity index (χ4n) is 2.08. The van der Waals surface area contributed by atoms with Crippen molar-refractivity contribution >= 4 is 24.4 Å². The van der Waals surface area contributed by atoms with Gasteiger partial charge in [-0.15, -0.1) is 12.4 Å². The summed E-state index contributed by atoms with van der Waals surface area (Å²) < 4.78 is 4.64. The third-order valence-corrected chi connectivity index (χ3v) is 3.06. The van der Waals surface area contributed by atoms with Gasteiger partial charge in [0, 0.05) is 6.54 Å². The summed E-state index contributed by atoms with van der Waals surface area (Å²) in [5.74, 6) is 0.432. The largest absolute Gasteiger partial charge is 0.439 e. The Morgan fingerprint density at radius 3 is 2.56 bits per heavy atom. The van der Waals surface area contributed by atoms with Crippen LogP contribution in [-0.2, 0) is 9.53 Å². The fourth-order valence-corrected chi connectivity index (χ4v) is 2.08. The van der Waals surface area contributed by atoms with Gasteiger partial charge in [0.15, 0.2) is 6.61 Å². The van der Waals surface area contributed by atoms with Gasteiger partial charge in [-0.1, -0.05) is 0 Å². The van der Waals surface area contributed by atoms with Crippen LogP contribution in [-0.4, -0.2) is 43.1 Å². The van der Waals surface area contributed by atoms with Crippen LogP contribution in [0.4, 0.5) is 4.79 Å². The standard InChI is InChI=1S/C10H16N2O3.ClH/c13-9-7-15-10(14)12(9)6-3-8-1-4-11-5-2-8;/h8,11H,1-7H2;1H. The predicted octanol–water partition coefficient (Wildman–Crippen LogP) is 0.777. The minimum Gasteiger partial charge on any atom is -0.439 e. The van der Waals surface area contributed by atoms with E-state index >= 15 is 0 Å². The first-order chi connectivity index (χ1) is 7.27. The fraction of sp³-hybridized carbons (Fsp3) is 0.800. The predicted molar refractivity (Wildman–Crippen MR) is 60.5 cm³/mol. The van der Waals surface area contributed by atoms with Crippen LogP contribution in [0.2, 0.25) is 0 Å². The summed E-state index contributed by atoms with van der Waals surface area (Å²) in [6, 6.07) is 0. The van der Waals surface area contributed by atoms with Crippen LogP contribution in [0.15, 0.2) is 0 Å². The molecule has 16 heavy (non-hydrogen) atoms. The number of rotatable bonds is 3. The minimum atomic E-state index is -0.478. The van der Waals surface area contributed by atoms with E-state index in [9.17, 15) is 9.59 Å². The molecule has 2 rings (SSSR count). The van der Waals surface area contributed by atoms with Crippen molar-refractivity contribution in [2.45, 2.75) is 19.3 Å². The Balaban J connectivity index is 0.00000128. The number of halogens is 1. The van der Waals surface area contributed by atoms with Gasteiger partial charge < -0.3 is 10.1 Å². The molecule has 2 heterocycles. The van der Waals surface area contributed by atoms with E-state index in [-0.39, 0.29) is 24.9 Å². The van der Waals surface area contributed by atoms with Crippen molar-refractivity contribution in [2.24, 2.45) is 5.92 Å². The smallest absolute Gasteiger partial charge is 0.417 e. The second-order valence-corrected chi connectivity index (χ2v) is 4.08. The maximum Gasteiger partial charge on any atom is 0.417 e. The molecule has 6 heteroatoms. The van der Waals surface area contributed by atoms with E-state index in [1.807, 2.05) is 0 Å². The zero-order valence-electron chi connectivity index (χ0n) is 9.11. The lowest BCUT2D eigenvalue weighted by atomic mass is 9.94. The van der Waals surface area contributed by atoms with Crippen LogP contribution in [0, 0.1) is 5.92 Å². The summed E-state index contributed by atoms with van der Waals surface area (Å²) in [4.78, 5) is 23.6. The van der Waals surface area contributed by atoms with E-state index in [1.54, 1.807) is 0 Å². The van der Waals surface area contributed by atoms with Crippen LogP contribution in [0.1, 0.15) is 19.3 Å². The second-order valence-electron chi connectivity index (χ2n) is 4.08. The van der Waals surface area contributed by atoms with Crippen molar-refractivity contribution in [1.29, 1.82) is 0 Å². The molecule has 0 spiro atoms. The first-order valence-electron chi connectivity index (χ1n) is 5.45. The number of nitrogens with zero attached hydrogens (tertiary/aromatic N) is 1. The number of carbonyl (C=O) groups excluding carboxylic acids is 2. The monoisotopic (exact) mass is 248 g/mol. The molecule has 0 saturated carbocycles. The summed E-state index contributed by atoms with van der Waals surface area (Å²) in [5, 5.41) is 3.29. The number of amides is 2. The van der Waals surface area contributed by atoms with Crippen molar-refractivity contribution in [2.75, 3.05) is 26.2 Å². The summed E-state index contributed by atoms with van der Waals surface area (Å²) in [6.07, 6.45) is 2.70. The van der Waals surface area contributed by atoms with Crippen LogP contribution in [0.5, 0.6) is 0 Å². The lowest BCUT2D eigenvalue weighted by Crippen LogP contribution is -2.34. The Kier molecular flexibility index (Phi) is 5.02. The lowest BCUT2D eigenvalue weighted by molar-refractivity contribution is -0.126. The molecular formula is C10H17ClN2O3. The highest BCUT2D eigenvalue weighted by Gasteiger charge is 2.31. The number of nitrogens with one attached hydrogen (secondary N) is 1. The number of cyclic esters (lactones) is 1. The van der Waals surface area contributed by atoms with Gasteiger partial charge in [-0.25, -0.2) is 9.69 Å². The average Bonchev–Trinajstić information content (AvgIpc) is 2.58. The SMILES string of the molecule is Cl.O=C1COC(=O)N1CCC1CCNCC1. The van der Waals surface area contributed by atoms with Crippen molar-refractivity contribution in [3.63, 3.8) is 0 Å². The van der Waals surface area contributed by atoms with Gasteiger partial charge in [0.05, 0.1) is 0 Å².